The van der Waals surface area contributed by atoms with Gasteiger partial charge >= 0.3 is 0 Å². The summed E-state index contributed by atoms with van der Waals surface area (Å²) >= 11 is 0. The normalized spacial score (nSPS) is 14.2. The monoisotopic (exact) mass is 296 g/mol. The van der Waals surface area contributed by atoms with Gasteiger partial charge in [-0.2, -0.15) is 0 Å². The lowest BCUT2D eigenvalue weighted by Gasteiger charge is -2.33. The number of benzene rings is 2. The highest BCUT2D eigenvalue weighted by molar-refractivity contribution is 5.83. The first-order valence-corrected chi connectivity index (χ1v) is 7.59. The highest BCUT2D eigenvalue weighted by Crippen LogP contribution is 2.27. The molecular formula is C19H24N2O. The minimum atomic E-state index is -0.643. The van der Waals surface area contributed by atoms with Crippen LogP contribution in [0.5, 0.6) is 0 Å². The van der Waals surface area contributed by atoms with E-state index in [2.05, 4.69) is 31.3 Å². The van der Waals surface area contributed by atoms with Crippen LogP contribution in [-0.4, -0.2) is 11.9 Å². The quantitative estimate of drug-likeness (QED) is 0.890. The number of nitrogens with one attached hydrogen (secondary N) is 1. The molecule has 0 bridgehead atoms. The molecule has 2 atom stereocenters. The summed E-state index contributed by atoms with van der Waals surface area (Å²) in [5.74, 6) is -0.150. The summed E-state index contributed by atoms with van der Waals surface area (Å²) in [7, 11) is 0. The minimum absolute atomic E-state index is 0.0304. The van der Waals surface area contributed by atoms with Crippen molar-refractivity contribution >= 4 is 5.91 Å². The smallest absolute Gasteiger partial charge is 0.241 e. The molecule has 0 saturated heterocycles. The standard InChI is InChI=1S/C19H24N2O/c1-14(19(2,3)16-12-8-5-9-13-16)21-18(22)17(20)15-10-6-4-7-11-15/h4-14,17H,20H2,1-3H3,(H,21,22). The van der Waals surface area contributed by atoms with Crippen LogP contribution in [0.15, 0.2) is 60.7 Å². The predicted octanol–water partition coefficient (Wildman–Crippen LogP) is 3.17. The Morgan fingerprint density at radius 2 is 1.50 bits per heavy atom. The largest absolute Gasteiger partial charge is 0.351 e. The Bertz CT molecular complexity index is 608. The summed E-state index contributed by atoms with van der Waals surface area (Å²) < 4.78 is 0. The molecule has 2 unspecified atom stereocenters. The number of rotatable bonds is 5. The van der Waals surface area contributed by atoms with Crippen molar-refractivity contribution in [3.63, 3.8) is 0 Å². The average Bonchev–Trinajstić information content (AvgIpc) is 2.55. The first-order chi connectivity index (χ1) is 10.4. The topological polar surface area (TPSA) is 55.1 Å². The van der Waals surface area contributed by atoms with Crippen molar-refractivity contribution in [2.24, 2.45) is 5.73 Å². The Morgan fingerprint density at radius 1 is 1.00 bits per heavy atom. The molecule has 116 valence electrons. The minimum Gasteiger partial charge on any atom is -0.351 e. The predicted molar refractivity (Wildman–Crippen MR) is 90.4 cm³/mol. The lowest BCUT2D eigenvalue weighted by atomic mass is 9.78. The van der Waals surface area contributed by atoms with Crippen molar-refractivity contribution in [3.05, 3.63) is 71.8 Å². The molecule has 0 saturated carbocycles. The van der Waals surface area contributed by atoms with Gasteiger partial charge in [0.25, 0.3) is 0 Å². The molecule has 0 radical (unpaired) electrons. The Hall–Kier alpha value is -2.13. The molecule has 2 rings (SSSR count). The van der Waals surface area contributed by atoms with Gasteiger partial charge in [-0.1, -0.05) is 74.5 Å². The van der Waals surface area contributed by atoms with Crippen molar-refractivity contribution in [1.82, 2.24) is 5.32 Å². The molecule has 2 aromatic rings. The van der Waals surface area contributed by atoms with Crippen molar-refractivity contribution in [2.45, 2.75) is 38.3 Å². The lowest BCUT2D eigenvalue weighted by molar-refractivity contribution is -0.123. The van der Waals surface area contributed by atoms with Crippen LogP contribution in [0, 0.1) is 0 Å². The molecular weight excluding hydrogens is 272 g/mol. The SMILES string of the molecule is CC(NC(=O)C(N)c1ccccc1)C(C)(C)c1ccccc1. The summed E-state index contributed by atoms with van der Waals surface area (Å²) in [6, 6.07) is 19.0. The van der Waals surface area contributed by atoms with E-state index in [-0.39, 0.29) is 17.4 Å². The van der Waals surface area contributed by atoms with Crippen LogP contribution in [0.4, 0.5) is 0 Å². The summed E-state index contributed by atoms with van der Waals surface area (Å²) in [6.07, 6.45) is 0. The van der Waals surface area contributed by atoms with E-state index < -0.39 is 6.04 Å². The third kappa shape index (κ3) is 3.55. The Balaban J connectivity index is 2.08. The van der Waals surface area contributed by atoms with Crippen LogP contribution in [0.2, 0.25) is 0 Å². The molecule has 0 spiro atoms. The molecule has 3 nitrogen and oxygen atoms in total. The maximum atomic E-state index is 12.4. The Labute approximate surface area is 132 Å². The molecule has 22 heavy (non-hydrogen) atoms. The van der Waals surface area contributed by atoms with E-state index in [1.165, 1.54) is 5.56 Å². The summed E-state index contributed by atoms with van der Waals surface area (Å²) in [4.78, 5) is 12.4. The van der Waals surface area contributed by atoms with E-state index in [1.807, 2.05) is 55.5 Å². The van der Waals surface area contributed by atoms with Gasteiger partial charge in [-0.25, -0.2) is 0 Å². The Kier molecular flexibility index (Phi) is 4.99. The van der Waals surface area contributed by atoms with Gasteiger partial charge in [0, 0.05) is 11.5 Å². The van der Waals surface area contributed by atoms with Gasteiger partial charge in [-0.05, 0) is 18.1 Å². The average molecular weight is 296 g/mol. The summed E-state index contributed by atoms with van der Waals surface area (Å²) in [5, 5.41) is 3.05. The zero-order valence-corrected chi connectivity index (χ0v) is 13.4. The van der Waals surface area contributed by atoms with Gasteiger partial charge in [0.1, 0.15) is 6.04 Å². The third-order valence-electron chi connectivity index (χ3n) is 4.40. The molecule has 0 aliphatic rings. The second-order valence-electron chi connectivity index (χ2n) is 6.21. The summed E-state index contributed by atoms with van der Waals surface area (Å²) in [6.45, 7) is 6.27. The van der Waals surface area contributed by atoms with Gasteiger partial charge < -0.3 is 11.1 Å². The zero-order valence-electron chi connectivity index (χ0n) is 13.4. The van der Waals surface area contributed by atoms with Gasteiger partial charge in [-0.3, -0.25) is 4.79 Å². The van der Waals surface area contributed by atoms with E-state index in [9.17, 15) is 4.79 Å². The van der Waals surface area contributed by atoms with Crippen molar-refractivity contribution < 1.29 is 4.79 Å². The Morgan fingerprint density at radius 3 is 2.05 bits per heavy atom. The zero-order chi connectivity index (χ0) is 16.2. The maximum absolute atomic E-state index is 12.4. The van der Waals surface area contributed by atoms with Crippen molar-refractivity contribution in [2.75, 3.05) is 0 Å². The molecule has 0 aliphatic carbocycles. The third-order valence-corrected chi connectivity index (χ3v) is 4.40. The van der Waals surface area contributed by atoms with Crippen LogP contribution in [0.3, 0.4) is 0 Å². The van der Waals surface area contributed by atoms with Crippen LogP contribution in [0.25, 0.3) is 0 Å². The van der Waals surface area contributed by atoms with Crippen LogP contribution < -0.4 is 11.1 Å². The van der Waals surface area contributed by atoms with Gasteiger partial charge in [-0.15, -0.1) is 0 Å². The summed E-state index contributed by atoms with van der Waals surface area (Å²) in [5.41, 5.74) is 7.90. The van der Waals surface area contributed by atoms with E-state index in [0.717, 1.165) is 5.56 Å². The first kappa shape index (κ1) is 16.2. The second kappa shape index (κ2) is 6.75. The number of hydrogen-bond acceptors (Lipinski definition) is 2. The van der Waals surface area contributed by atoms with Crippen LogP contribution in [0.1, 0.15) is 37.9 Å². The second-order valence-corrected chi connectivity index (χ2v) is 6.21. The molecule has 0 aromatic heterocycles. The number of amides is 1. The maximum Gasteiger partial charge on any atom is 0.241 e. The fraction of sp³-hybridized carbons (Fsp3) is 0.316. The number of nitrogens with two attached hydrogens (primary N) is 1. The van der Waals surface area contributed by atoms with Crippen LogP contribution >= 0.6 is 0 Å². The fourth-order valence-electron chi connectivity index (χ4n) is 2.41. The van der Waals surface area contributed by atoms with E-state index >= 15 is 0 Å². The fourth-order valence-corrected chi connectivity index (χ4v) is 2.41. The van der Waals surface area contributed by atoms with Crippen molar-refractivity contribution in [3.8, 4) is 0 Å². The van der Waals surface area contributed by atoms with Crippen molar-refractivity contribution in [1.29, 1.82) is 0 Å². The molecule has 3 heteroatoms. The van der Waals surface area contributed by atoms with E-state index in [1.54, 1.807) is 0 Å². The molecule has 0 aliphatic heterocycles. The van der Waals surface area contributed by atoms with E-state index in [0.29, 0.717) is 0 Å². The number of carbonyl (C=O) groups is 1. The molecule has 0 fully saturated rings. The van der Waals surface area contributed by atoms with E-state index in [4.69, 9.17) is 5.73 Å². The highest BCUT2D eigenvalue weighted by atomic mass is 16.2. The van der Waals surface area contributed by atoms with Gasteiger partial charge in [0.2, 0.25) is 5.91 Å². The first-order valence-electron chi connectivity index (χ1n) is 7.59. The highest BCUT2D eigenvalue weighted by Gasteiger charge is 2.30. The molecule has 0 heterocycles. The lowest BCUT2D eigenvalue weighted by Crippen LogP contribution is -2.48. The molecule has 2 aromatic carbocycles. The molecule has 1 amide bonds. The molecule has 3 N–H and O–H groups in total. The number of carbonyl (C=O) groups excluding carboxylic acids is 1. The van der Waals surface area contributed by atoms with Gasteiger partial charge in [0.15, 0.2) is 0 Å². The van der Waals surface area contributed by atoms with Gasteiger partial charge in [0.05, 0.1) is 0 Å². The number of hydrogen-bond donors (Lipinski definition) is 2. The van der Waals surface area contributed by atoms with Crippen LogP contribution in [-0.2, 0) is 10.2 Å².